The Hall–Kier alpha value is -0.690. The van der Waals surface area contributed by atoms with E-state index in [4.69, 9.17) is 4.74 Å². The number of hydrogen-bond donors (Lipinski definition) is 2. The lowest BCUT2D eigenvalue weighted by atomic mass is 10.1. The fourth-order valence-electron chi connectivity index (χ4n) is 4.29. The predicted octanol–water partition coefficient (Wildman–Crippen LogP) is 3.82. The fraction of sp³-hybridized carbons (Fsp3) is 0.960. The second-order valence-electron chi connectivity index (χ2n) is 9.43. The minimum absolute atomic E-state index is 0.0815. The molecule has 0 bridgehead atoms. The summed E-state index contributed by atoms with van der Waals surface area (Å²) in [4.78, 5) is 16.7. The van der Waals surface area contributed by atoms with Crippen molar-refractivity contribution in [2.75, 3.05) is 45.9 Å². The van der Waals surface area contributed by atoms with Gasteiger partial charge in [-0.3, -0.25) is 9.69 Å². The Labute approximate surface area is 192 Å². The number of esters is 1. The van der Waals surface area contributed by atoms with E-state index >= 15 is 0 Å². The first kappa shape index (κ1) is 28.3. The maximum Gasteiger partial charge on any atom is 0.305 e. The van der Waals surface area contributed by atoms with Gasteiger partial charge in [0.1, 0.15) is 6.61 Å². The van der Waals surface area contributed by atoms with Crippen LogP contribution in [0.3, 0.4) is 0 Å². The lowest BCUT2D eigenvalue weighted by Gasteiger charge is -2.37. The minimum atomic E-state index is -0.230. The Kier molecular flexibility index (Phi) is 16.3. The Balaban J connectivity index is 2.05. The van der Waals surface area contributed by atoms with Crippen LogP contribution in [0, 0.1) is 0 Å². The van der Waals surface area contributed by atoms with Crippen molar-refractivity contribution < 1.29 is 14.6 Å². The van der Waals surface area contributed by atoms with E-state index in [1.165, 1.54) is 32.1 Å². The molecule has 0 amide bonds. The third-order valence-corrected chi connectivity index (χ3v) is 6.45. The maximum atomic E-state index is 12.0. The Morgan fingerprint density at radius 3 is 2.61 bits per heavy atom. The minimum Gasteiger partial charge on any atom is -0.464 e. The van der Waals surface area contributed by atoms with Crippen molar-refractivity contribution in [1.29, 1.82) is 0 Å². The Bertz CT molecular complexity index is 450. The van der Waals surface area contributed by atoms with Crippen LogP contribution in [-0.2, 0) is 9.53 Å². The average molecular weight is 442 g/mol. The van der Waals surface area contributed by atoms with Crippen LogP contribution in [0.25, 0.3) is 0 Å². The topological polar surface area (TPSA) is 65.0 Å². The summed E-state index contributed by atoms with van der Waals surface area (Å²) >= 11 is 0. The third kappa shape index (κ3) is 14.1. The van der Waals surface area contributed by atoms with Crippen molar-refractivity contribution >= 4 is 5.97 Å². The molecule has 0 saturated carbocycles. The number of likely N-dealkylation sites (N-methyl/N-ethyl adjacent to an activating group) is 1. The maximum absolute atomic E-state index is 12.0. The number of aliphatic hydroxyl groups excluding tert-OH is 1. The zero-order valence-corrected chi connectivity index (χ0v) is 20.9. The number of ether oxygens (including phenoxy) is 1. The van der Waals surface area contributed by atoms with Gasteiger partial charge in [0, 0.05) is 44.7 Å². The van der Waals surface area contributed by atoms with Crippen LogP contribution in [0.2, 0.25) is 0 Å². The van der Waals surface area contributed by atoms with E-state index in [0.29, 0.717) is 25.1 Å². The molecule has 0 aliphatic carbocycles. The quantitative estimate of drug-likeness (QED) is 0.249. The summed E-state index contributed by atoms with van der Waals surface area (Å²) in [6.07, 6.45) is 10.6. The summed E-state index contributed by atoms with van der Waals surface area (Å²) in [5, 5.41) is 13.8. The first-order valence-electron chi connectivity index (χ1n) is 13.0. The van der Waals surface area contributed by atoms with Gasteiger partial charge in [-0.2, -0.15) is 0 Å². The van der Waals surface area contributed by atoms with Gasteiger partial charge in [-0.25, -0.2) is 0 Å². The molecule has 3 unspecified atom stereocenters. The van der Waals surface area contributed by atoms with E-state index in [-0.39, 0.29) is 12.1 Å². The molecule has 6 heteroatoms. The molecule has 1 aliphatic rings. The standard InChI is InChI=1S/C25H51N3O3/c1-5-7-8-9-10-11-14-24(29)21-27(6-2)16-13-12-15-25(30)31-18-17-28-20-22(3)26-19-23(28)4/h22-24,26,29H,5-21H2,1-4H3. The van der Waals surface area contributed by atoms with Crippen molar-refractivity contribution in [2.45, 2.75) is 110 Å². The van der Waals surface area contributed by atoms with Gasteiger partial charge in [0.05, 0.1) is 6.10 Å². The molecule has 0 aromatic heterocycles. The molecule has 2 N–H and O–H groups in total. The number of nitrogens with zero attached hydrogens (tertiary/aromatic N) is 2. The number of aliphatic hydroxyl groups is 1. The Morgan fingerprint density at radius 1 is 1.13 bits per heavy atom. The normalized spacial score (nSPS) is 20.8. The smallest absolute Gasteiger partial charge is 0.305 e. The van der Waals surface area contributed by atoms with Crippen molar-refractivity contribution in [3.05, 3.63) is 0 Å². The highest BCUT2D eigenvalue weighted by molar-refractivity contribution is 5.69. The average Bonchev–Trinajstić information content (AvgIpc) is 2.75. The SMILES string of the molecule is CCCCCCCCC(O)CN(CC)CCCCC(=O)OCCN1CC(C)NCC1C. The molecule has 3 atom stereocenters. The highest BCUT2D eigenvalue weighted by Crippen LogP contribution is 2.10. The molecule has 1 rings (SSSR count). The molecule has 0 aromatic rings. The molecule has 0 spiro atoms. The van der Waals surface area contributed by atoms with E-state index in [1.54, 1.807) is 0 Å². The van der Waals surface area contributed by atoms with E-state index in [1.807, 2.05) is 0 Å². The van der Waals surface area contributed by atoms with Gasteiger partial charge in [0.25, 0.3) is 0 Å². The van der Waals surface area contributed by atoms with E-state index in [0.717, 1.165) is 65.0 Å². The molecule has 1 heterocycles. The zero-order chi connectivity index (χ0) is 22.9. The van der Waals surface area contributed by atoms with Crippen LogP contribution in [0.4, 0.5) is 0 Å². The molecule has 31 heavy (non-hydrogen) atoms. The molecular weight excluding hydrogens is 390 g/mol. The largest absolute Gasteiger partial charge is 0.464 e. The highest BCUT2D eigenvalue weighted by atomic mass is 16.5. The number of nitrogens with one attached hydrogen (secondary N) is 1. The van der Waals surface area contributed by atoms with Crippen LogP contribution in [0.5, 0.6) is 0 Å². The number of unbranched alkanes of at least 4 members (excludes halogenated alkanes) is 6. The molecular formula is C25H51N3O3. The van der Waals surface area contributed by atoms with Crippen molar-refractivity contribution in [3.63, 3.8) is 0 Å². The van der Waals surface area contributed by atoms with Crippen molar-refractivity contribution in [2.24, 2.45) is 0 Å². The first-order valence-corrected chi connectivity index (χ1v) is 13.0. The van der Waals surface area contributed by atoms with E-state index in [2.05, 4.69) is 42.8 Å². The predicted molar refractivity (Wildman–Crippen MR) is 129 cm³/mol. The number of rotatable bonds is 18. The molecule has 1 aliphatic heterocycles. The van der Waals surface area contributed by atoms with Gasteiger partial charge < -0.3 is 20.1 Å². The number of piperazine rings is 1. The van der Waals surface area contributed by atoms with Crippen molar-refractivity contribution in [1.82, 2.24) is 15.1 Å². The zero-order valence-electron chi connectivity index (χ0n) is 20.9. The monoisotopic (exact) mass is 441 g/mol. The van der Waals surface area contributed by atoms with Gasteiger partial charge in [-0.15, -0.1) is 0 Å². The summed E-state index contributed by atoms with van der Waals surface area (Å²) in [6.45, 7) is 14.7. The summed E-state index contributed by atoms with van der Waals surface area (Å²) in [7, 11) is 0. The third-order valence-electron chi connectivity index (χ3n) is 6.45. The van der Waals surface area contributed by atoms with Crippen LogP contribution < -0.4 is 5.32 Å². The fourth-order valence-corrected chi connectivity index (χ4v) is 4.29. The van der Waals surface area contributed by atoms with Gasteiger partial charge in [-0.05, 0) is 46.2 Å². The van der Waals surface area contributed by atoms with E-state index in [9.17, 15) is 9.90 Å². The first-order chi connectivity index (χ1) is 15.0. The number of carbonyl (C=O) groups excluding carboxylic acids is 1. The summed E-state index contributed by atoms with van der Waals surface area (Å²) in [6, 6.07) is 0.990. The second kappa shape index (κ2) is 17.8. The summed E-state index contributed by atoms with van der Waals surface area (Å²) in [5.41, 5.74) is 0. The van der Waals surface area contributed by atoms with Crippen LogP contribution in [-0.4, -0.2) is 84.9 Å². The van der Waals surface area contributed by atoms with E-state index < -0.39 is 0 Å². The lowest BCUT2D eigenvalue weighted by Crippen LogP contribution is -2.55. The van der Waals surface area contributed by atoms with Gasteiger partial charge in [-0.1, -0.05) is 52.4 Å². The molecule has 0 aromatic carbocycles. The molecule has 6 nitrogen and oxygen atoms in total. The highest BCUT2D eigenvalue weighted by Gasteiger charge is 2.22. The van der Waals surface area contributed by atoms with Crippen LogP contribution in [0.1, 0.15) is 91.9 Å². The van der Waals surface area contributed by atoms with Crippen molar-refractivity contribution in [3.8, 4) is 0 Å². The van der Waals surface area contributed by atoms with Gasteiger partial charge in [0.2, 0.25) is 0 Å². The second-order valence-corrected chi connectivity index (χ2v) is 9.43. The summed E-state index contributed by atoms with van der Waals surface area (Å²) in [5.74, 6) is -0.0815. The number of hydrogen-bond acceptors (Lipinski definition) is 6. The number of carbonyl (C=O) groups is 1. The summed E-state index contributed by atoms with van der Waals surface area (Å²) < 4.78 is 5.45. The molecule has 1 fully saturated rings. The molecule has 184 valence electrons. The molecule has 1 saturated heterocycles. The Morgan fingerprint density at radius 2 is 1.87 bits per heavy atom. The van der Waals surface area contributed by atoms with Crippen LogP contribution in [0.15, 0.2) is 0 Å². The molecule has 0 radical (unpaired) electrons. The lowest BCUT2D eigenvalue weighted by molar-refractivity contribution is -0.144. The van der Waals surface area contributed by atoms with Crippen LogP contribution >= 0.6 is 0 Å². The van der Waals surface area contributed by atoms with Gasteiger partial charge in [0.15, 0.2) is 0 Å². The van der Waals surface area contributed by atoms with Gasteiger partial charge >= 0.3 is 5.97 Å².